The highest BCUT2D eigenvalue weighted by Crippen LogP contribution is 2.17. The fraction of sp³-hybridized carbons (Fsp3) is 0.286. The van der Waals surface area contributed by atoms with Crippen LogP contribution in [-0.4, -0.2) is 22.5 Å². The Bertz CT molecular complexity index is 878. The van der Waals surface area contributed by atoms with Crippen molar-refractivity contribution < 1.29 is 9.59 Å². The summed E-state index contributed by atoms with van der Waals surface area (Å²) in [6.45, 7) is 5.72. The highest BCUT2D eigenvalue weighted by atomic mass is 35.5. The van der Waals surface area contributed by atoms with Crippen molar-refractivity contribution >= 4 is 46.4 Å². The number of carbonyl (C=O) groups excluding carboxylic acids is 2. The highest BCUT2D eigenvalue weighted by molar-refractivity contribution is 7.80. The molecule has 0 bridgehead atoms. The molecular formula is C21H24ClN3O2S. The van der Waals surface area contributed by atoms with Crippen LogP contribution in [0.5, 0.6) is 0 Å². The second kappa shape index (κ2) is 9.66. The number of thiocarbonyl (C=S) groups is 1. The molecule has 0 radical (unpaired) electrons. The van der Waals surface area contributed by atoms with Crippen molar-refractivity contribution in [2.75, 3.05) is 5.32 Å². The van der Waals surface area contributed by atoms with Crippen molar-refractivity contribution in [3.05, 3.63) is 64.7 Å². The number of nitrogens with one attached hydrogen (secondary N) is 3. The lowest BCUT2D eigenvalue weighted by Crippen LogP contribution is -2.41. The summed E-state index contributed by atoms with van der Waals surface area (Å²) in [6, 6.07) is 14.4. The van der Waals surface area contributed by atoms with Crippen LogP contribution in [0.2, 0.25) is 5.02 Å². The molecule has 2 aromatic carbocycles. The number of anilines is 1. The molecule has 7 heteroatoms. The third-order valence-electron chi connectivity index (χ3n) is 3.74. The third-order valence-corrected chi connectivity index (χ3v) is 4.31. The average molecular weight is 418 g/mol. The van der Waals surface area contributed by atoms with E-state index in [1.807, 2.05) is 39.0 Å². The van der Waals surface area contributed by atoms with Gasteiger partial charge in [0.05, 0.1) is 11.3 Å². The lowest BCUT2D eigenvalue weighted by molar-refractivity contribution is -0.119. The van der Waals surface area contributed by atoms with E-state index in [1.54, 1.807) is 30.3 Å². The molecule has 0 saturated carbocycles. The first-order chi connectivity index (χ1) is 13.2. The largest absolute Gasteiger partial charge is 0.347 e. The van der Waals surface area contributed by atoms with Gasteiger partial charge in [0.25, 0.3) is 5.91 Å². The maximum Gasteiger partial charge on any atom is 0.253 e. The Morgan fingerprint density at radius 3 is 2.36 bits per heavy atom. The van der Waals surface area contributed by atoms with E-state index in [4.69, 9.17) is 23.8 Å². The predicted octanol–water partition coefficient (Wildman–Crippen LogP) is 4.31. The van der Waals surface area contributed by atoms with E-state index in [9.17, 15) is 9.59 Å². The average Bonchev–Trinajstić information content (AvgIpc) is 2.60. The van der Waals surface area contributed by atoms with Crippen LogP contribution >= 0.6 is 23.8 Å². The van der Waals surface area contributed by atoms with Crippen LogP contribution in [0.3, 0.4) is 0 Å². The zero-order valence-electron chi connectivity index (χ0n) is 16.1. The third kappa shape index (κ3) is 6.94. The molecule has 2 rings (SSSR count). The van der Waals surface area contributed by atoms with E-state index in [0.717, 1.165) is 5.56 Å². The topological polar surface area (TPSA) is 70.2 Å². The molecule has 148 valence electrons. The lowest BCUT2D eigenvalue weighted by Gasteiger charge is -2.21. The van der Waals surface area contributed by atoms with E-state index < -0.39 is 0 Å². The number of amides is 2. The molecule has 0 aromatic heterocycles. The van der Waals surface area contributed by atoms with E-state index in [2.05, 4.69) is 16.0 Å². The molecule has 0 unspecified atom stereocenters. The van der Waals surface area contributed by atoms with E-state index in [-0.39, 0.29) is 28.9 Å². The van der Waals surface area contributed by atoms with Gasteiger partial charge in [-0.25, -0.2) is 0 Å². The normalized spacial score (nSPS) is 10.9. The number of benzene rings is 2. The zero-order chi connectivity index (χ0) is 20.7. The van der Waals surface area contributed by atoms with Gasteiger partial charge in [0, 0.05) is 17.0 Å². The van der Waals surface area contributed by atoms with Crippen molar-refractivity contribution in [1.29, 1.82) is 0 Å². The van der Waals surface area contributed by atoms with Crippen LogP contribution in [0.1, 0.15) is 43.1 Å². The first-order valence-corrected chi connectivity index (χ1v) is 9.70. The van der Waals surface area contributed by atoms with Crippen molar-refractivity contribution in [3.63, 3.8) is 0 Å². The Morgan fingerprint density at radius 1 is 1.04 bits per heavy atom. The summed E-state index contributed by atoms with van der Waals surface area (Å²) in [5.41, 5.74) is 1.52. The van der Waals surface area contributed by atoms with Crippen molar-refractivity contribution in [2.24, 2.45) is 0 Å². The molecule has 0 heterocycles. The standard InChI is InChI=1S/C21H24ClN3O2S/c1-21(2,3)25-19(27)15-9-5-7-11-17(15)23-20(28)24-18(26)13-12-14-8-4-6-10-16(14)22/h4-11H,12-13H2,1-3H3,(H,25,27)(H2,23,24,26,28). The number of carbonyl (C=O) groups is 2. The summed E-state index contributed by atoms with van der Waals surface area (Å²) in [7, 11) is 0. The number of halogens is 1. The van der Waals surface area contributed by atoms with Gasteiger partial charge in [0.2, 0.25) is 5.91 Å². The van der Waals surface area contributed by atoms with Gasteiger partial charge in [0.1, 0.15) is 0 Å². The smallest absolute Gasteiger partial charge is 0.253 e. The Morgan fingerprint density at radius 2 is 1.68 bits per heavy atom. The number of hydrogen-bond acceptors (Lipinski definition) is 3. The van der Waals surface area contributed by atoms with E-state index >= 15 is 0 Å². The van der Waals surface area contributed by atoms with Crippen molar-refractivity contribution in [3.8, 4) is 0 Å². The summed E-state index contributed by atoms with van der Waals surface area (Å²) >= 11 is 11.3. The summed E-state index contributed by atoms with van der Waals surface area (Å²) in [5.74, 6) is -0.447. The first kappa shape index (κ1) is 21.9. The number of aryl methyl sites for hydroxylation is 1. The molecule has 3 N–H and O–H groups in total. The summed E-state index contributed by atoms with van der Waals surface area (Å²) in [4.78, 5) is 24.7. The Kier molecular flexibility index (Phi) is 7.54. The minimum atomic E-state index is -0.363. The molecule has 0 aliphatic rings. The van der Waals surface area contributed by atoms with Gasteiger partial charge in [-0.05, 0) is 63.2 Å². The molecule has 2 amide bonds. The van der Waals surface area contributed by atoms with E-state index in [0.29, 0.717) is 22.7 Å². The van der Waals surface area contributed by atoms with E-state index in [1.165, 1.54) is 0 Å². The lowest BCUT2D eigenvalue weighted by atomic mass is 10.1. The quantitative estimate of drug-likeness (QED) is 0.634. The van der Waals surface area contributed by atoms with Gasteiger partial charge in [-0.2, -0.15) is 0 Å². The van der Waals surface area contributed by atoms with Crippen LogP contribution in [-0.2, 0) is 11.2 Å². The fourth-order valence-electron chi connectivity index (χ4n) is 2.49. The maximum atomic E-state index is 12.5. The fourth-order valence-corrected chi connectivity index (χ4v) is 2.94. The van der Waals surface area contributed by atoms with Crippen LogP contribution < -0.4 is 16.0 Å². The maximum absolute atomic E-state index is 12.5. The van der Waals surface area contributed by atoms with Crippen molar-refractivity contribution in [2.45, 2.75) is 39.2 Å². The summed E-state index contributed by atoms with van der Waals surface area (Å²) < 4.78 is 0. The second-order valence-electron chi connectivity index (χ2n) is 7.34. The second-order valence-corrected chi connectivity index (χ2v) is 8.16. The minimum absolute atomic E-state index is 0.139. The molecule has 28 heavy (non-hydrogen) atoms. The first-order valence-electron chi connectivity index (χ1n) is 8.91. The van der Waals surface area contributed by atoms with Crippen LogP contribution in [0.25, 0.3) is 0 Å². The Balaban J connectivity index is 1.95. The zero-order valence-corrected chi connectivity index (χ0v) is 17.7. The molecule has 0 fully saturated rings. The molecule has 0 aliphatic carbocycles. The molecule has 2 aromatic rings. The predicted molar refractivity (Wildman–Crippen MR) is 118 cm³/mol. The van der Waals surface area contributed by atoms with Gasteiger partial charge in [-0.15, -0.1) is 0 Å². The van der Waals surface area contributed by atoms with Gasteiger partial charge in [-0.1, -0.05) is 41.9 Å². The molecular weight excluding hydrogens is 394 g/mol. The van der Waals surface area contributed by atoms with Crippen LogP contribution in [0.15, 0.2) is 48.5 Å². The number of para-hydroxylation sites is 1. The van der Waals surface area contributed by atoms with Gasteiger partial charge < -0.3 is 16.0 Å². The SMILES string of the molecule is CC(C)(C)NC(=O)c1ccccc1NC(=S)NC(=O)CCc1ccccc1Cl. The van der Waals surface area contributed by atoms with Gasteiger partial charge in [-0.3, -0.25) is 9.59 Å². The van der Waals surface area contributed by atoms with Crippen molar-refractivity contribution in [1.82, 2.24) is 10.6 Å². The van der Waals surface area contributed by atoms with Gasteiger partial charge >= 0.3 is 0 Å². The Hall–Kier alpha value is -2.44. The molecule has 0 aliphatic heterocycles. The summed E-state index contributed by atoms with van der Waals surface area (Å²) in [5, 5.41) is 9.25. The van der Waals surface area contributed by atoms with Crippen LogP contribution in [0.4, 0.5) is 5.69 Å². The van der Waals surface area contributed by atoms with Crippen LogP contribution in [0, 0.1) is 0 Å². The monoisotopic (exact) mass is 417 g/mol. The Labute approximate surface area is 175 Å². The molecule has 0 atom stereocenters. The molecule has 0 saturated heterocycles. The van der Waals surface area contributed by atoms with Gasteiger partial charge in [0.15, 0.2) is 5.11 Å². The molecule has 5 nitrogen and oxygen atoms in total. The number of hydrogen-bond donors (Lipinski definition) is 3. The molecule has 0 spiro atoms. The summed E-state index contributed by atoms with van der Waals surface area (Å²) in [6.07, 6.45) is 0.760. The number of rotatable bonds is 5. The minimum Gasteiger partial charge on any atom is -0.347 e. The highest BCUT2D eigenvalue weighted by Gasteiger charge is 2.18.